The van der Waals surface area contributed by atoms with Crippen LogP contribution in [0.15, 0.2) is 54.6 Å². The van der Waals surface area contributed by atoms with Gasteiger partial charge in [-0.25, -0.2) is 9.18 Å². The van der Waals surface area contributed by atoms with Crippen LogP contribution in [0.25, 0.3) is 0 Å². The molecule has 2 amide bonds. The maximum atomic E-state index is 13.4. The monoisotopic (exact) mass is 384 g/mol. The van der Waals surface area contributed by atoms with Gasteiger partial charge in [-0.2, -0.15) is 0 Å². The molecular weight excluding hydrogens is 355 g/mol. The lowest BCUT2D eigenvalue weighted by atomic mass is 9.99. The van der Waals surface area contributed by atoms with Crippen molar-refractivity contribution in [2.24, 2.45) is 0 Å². The first kappa shape index (κ1) is 20.3. The summed E-state index contributed by atoms with van der Waals surface area (Å²) in [6, 6.07) is 16.8. The van der Waals surface area contributed by atoms with Gasteiger partial charge in [0.25, 0.3) is 0 Å². The van der Waals surface area contributed by atoms with Crippen LogP contribution in [0.1, 0.15) is 43.7 Å². The molecule has 150 valence electrons. The van der Waals surface area contributed by atoms with Crippen LogP contribution < -0.4 is 16.2 Å². The Morgan fingerprint density at radius 2 is 1.93 bits per heavy atom. The zero-order chi connectivity index (χ0) is 19.8. The second-order valence-corrected chi connectivity index (χ2v) is 7.40. The molecule has 1 fully saturated rings. The summed E-state index contributed by atoms with van der Waals surface area (Å²) in [4.78, 5) is 13.9. The zero-order valence-corrected chi connectivity index (χ0v) is 16.3. The Morgan fingerprint density at radius 1 is 1.11 bits per heavy atom. The van der Waals surface area contributed by atoms with Gasteiger partial charge in [0.2, 0.25) is 0 Å². The number of carbonyl (C=O) groups is 1. The van der Waals surface area contributed by atoms with Crippen molar-refractivity contribution in [1.29, 1.82) is 0 Å². The molecule has 0 aliphatic carbocycles. The largest absolute Gasteiger partial charge is 0.328 e. The number of hydrogen-bond donors (Lipinski definition) is 3. The number of hydrogen-bond acceptors (Lipinski definition) is 3. The number of urea groups is 1. The van der Waals surface area contributed by atoms with Crippen LogP contribution in [0, 0.1) is 5.82 Å². The van der Waals surface area contributed by atoms with E-state index in [0.717, 1.165) is 49.9 Å². The van der Waals surface area contributed by atoms with Gasteiger partial charge < -0.3 is 10.2 Å². The van der Waals surface area contributed by atoms with Crippen LogP contribution in [0.4, 0.5) is 14.9 Å². The number of halogens is 1. The van der Waals surface area contributed by atoms with Crippen LogP contribution in [0.2, 0.25) is 0 Å². The predicted octanol–water partition coefficient (Wildman–Crippen LogP) is 4.46. The van der Waals surface area contributed by atoms with Crippen molar-refractivity contribution < 1.29 is 9.18 Å². The lowest BCUT2D eigenvalue weighted by Gasteiger charge is -2.18. The van der Waals surface area contributed by atoms with Gasteiger partial charge in [-0.1, -0.05) is 43.2 Å². The SMILES string of the molecule is CN(CCCCCC1CC(c2cccc(F)c2)NN1)C(=O)Nc1ccccc1. The third-order valence-corrected chi connectivity index (χ3v) is 5.15. The minimum Gasteiger partial charge on any atom is -0.328 e. The van der Waals surface area contributed by atoms with Crippen molar-refractivity contribution in [2.75, 3.05) is 18.9 Å². The number of amides is 2. The van der Waals surface area contributed by atoms with Crippen LogP contribution in [-0.2, 0) is 0 Å². The molecule has 0 radical (unpaired) electrons. The summed E-state index contributed by atoms with van der Waals surface area (Å²) in [5.41, 5.74) is 8.39. The molecule has 2 aromatic rings. The molecule has 2 aromatic carbocycles. The van der Waals surface area contributed by atoms with Crippen molar-refractivity contribution in [3.8, 4) is 0 Å². The molecule has 1 aliphatic rings. The molecule has 0 bridgehead atoms. The Balaban J connectivity index is 1.29. The molecule has 1 aliphatic heterocycles. The second-order valence-electron chi connectivity index (χ2n) is 7.40. The van der Waals surface area contributed by atoms with Gasteiger partial charge in [0.1, 0.15) is 5.82 Å². The maximum absolute atomic E-state index is 13.4. The van der Waals surface area contributed by atoms with Crippen LogP contribution >= 0.6 is 0 Å². The lowest BCUT2D eigenvalue weighted by molar-refractivity contribution is 0.221. The first-order chi connectivity index (χ1) is 13.6. The summed E-state index contributed by atoms with van der Waals surface area (Å²) >= 11 is 0. The smallest absolute Gasteiger partial charge is 0.321 e. The fraction of sp³-hybridized carbons (Fsp3) is 0.409. The highest BCUT2D eigenvalue weighted by atomic mass is 19.1. The van der Waals surface area contributed by atoms with E-state index in [0.29, 0.717) is 6.04 Å². The van der Waals surface area contributed by atoms with Crippen LogP contribution in [-0.4, -0.2) is 30.6 Å². The molecule has 3 N–H and O–H groups in total. The summed E-state index contributed by atoms with van der Waals surface area (Å²) < 4.78 is 13.4. The van der Waals surface area contributed by atoms with E-state index in [1.165, 1.54) is 6.07 Å². The quantitative estimate of drug-likeness (QED) is 0.589. The number of benzene rings is 2. The zero-order valence-electron chi connectivity index (χ0n) is 16.3. The molecule has 0 spiro atoms. The number of nitrogens with one attached hydrogen (secondary N) is 3. The number of rotatable bonds is 8. The maximum Gasteiger partial charge on any atom is 0.321 e. The second kappa shape index (κ2) is 10.2. The lowest BCUT2D eigenvalue weighted by Crippen LogP contribution is -2.32. The van der Waals surface area contributed by atoms with E-state index in [1.54, 1.807) is 17.0 Å². The van der Waals surface area contributed by atoms with Crippen molar-refractivity contribution in [3.63, 3.8) is 0 Å². The Morgan fingerprint density at radius 3 is 2.71 bits per heavy atom. The molecule has 2 unspecified atom stereocenters. The highest BCUT2D eigenvalue weighted by molar-refractivity contribution is 5.89. The number of unbranched alkanes of at least 4 members (excludes halogenated alkanes) is 2. The van der Waals surface area contributed by atoms with Gasteiger partial charge in [-0.15, -0.1) is 0 Å². The molecule has 2 atom stereocenters. The molecule has 6 heteroatoms. The molecule has 0 saturated carbocycles. The van der Waals surface area contributed by atoms with Gasteiger partial charge >= 0.3 is 6.03 Å². The number of carbonyl (C=O) groups excluding carboxylic acids is 1. The average molecular weight is 384 g/mol. The summed E-state index contributed by atoms with van der Waals surface area (Å²) in [6.07, 6.45) is 5.18. The van der Waals surface area contributed by atoms with E-state index in [2.05, 4.69) is 16.2 Å². The minimum atomic E-state index is -0.192. The Labute approximate surface area is 166 Å². The van der Waals surface area contributed by atoms with E-state index < -0.39 is 0 Å². The number of para-hydroxylation sites is 1. The minimum absolute atomic E-state index is 0.0780. The van der Waals surface area contributed by atoms with Crippen molar-refractivity contribution in [2.45, 2.75) is 44.2 Å². The van der Waals surface area contributed by atoms with Gasteiger partial charge in [0.15, 0.2) is 0 Å². The highest BCUT2D eigenvalue weighted by Crippen LogP contribution is 2.25. The molecule has 28 heavy (non-hydrogen) atoms. The fourth-order valence-electron chi connectivity index (χ4n) is 3.51. The first-order valence-corrected chi connectivity index (χ1v) is 9.95. The van der Waals surface area contributed by atoms with Gasteiger partial charge in [0.05, 0.1) is 0 Å². The molecule has 5 nitrogen and oxygen atoms in total. The Bertz CT molecular complexity index is 755. The van der Waals surface area contributed by atoms with Crippen molar-refractivity contribution in [3.05, 3.63) is 66.0 Å². The predicted molar refractivity (Wildman–Crippen MR) is 110 cm³/mol. The van der Waals surface area contributed by atoms with Crippen LogP contribution in [0.5, 0.6) is 0 Å². The fourth-order valence-corrected chi connectivity index (χ4v) is 3.51. The normalized spacial score (nSPS) is 18.8. The number of hydrazine groups is 1. The Hall–Kier alpha value is -2.44. The van der Waals surface area contributed by atoms with E-state index in [-0.39, 0.29) is 17.9 Å². The highest BCUT2D eigenvalue weighted by Gasteiger charge is 2.24. The topological polar surface area (TPSA) is 56.4 Å². The van der Waals surface area contributed by atoms with Gasteiger partial charge in [-0.05, 0) is 49.1 Å². The van der Waals surface area contributed by atoms with E-state index in [9.17, 15) is 9.18 Å². The van der Waals surface area contributed by atoms with E-state index in [4.69, 9.17) is 0 Å². The number of nitrogens with zero attached hydrogens (tertiary/aromatic N) is 1. The molecular formula is C22H29FN4O. The van der Waals surface area contributed by atoms with E-state index >= 15 is 0 Å². The van der Waals surface area contributed by atoms with Gasteiger partial charge in [0, 0.05) is 31.4 Å². The first-order valence-electron chi connectivity index (χ1n) is 9.95. The Kier molecular flexibility index (Phi) is 7.39. The molecule has 1 heterocycles. The van der Waals surface area contributed by atoms with Crippen molar-refractivity contribution in [1.82, 2.24) is 15.8 Å². The van der Waals surface area contributed by atoms with Crippen LogP contribution in [0.3, 0.4) is 0 Å². The van der Waals surface area contributed by atoms with Gasteiger partial charge in [-0.3, -0.25) is 10.9 Å². The molecule has 1 saturated heterocycles. The summed E-state index contributed by atoms with van der Waals surface area (Å²) in [5, 5.41) is 2.89. The van der Waals surface area contributed by atoms with E-state index in [1.807, 2.05) is 43.4 Å². The van der Waals surface area contributed by atoms with Crippen molar-refractivity contribution >= 4 is 11.7 Å². The third-order valence-electron chi connectivity index (χ3n) is 5.15. The average Bonchev–Trinajstić information content (AvgIpc) is 3.17. The summed E-state index contributed by atoms with van der Waals surface area (Å²) in [5.74, 6) is -0.192. The molecule has 3 rings (SSSR count). The third kappa shape index (κ3) is 6.04. The number of anilines is 1. The summed E-state index contributed by atoms with van der Waals surface area (Å²) in [6.45, 7) is 0.737. The summed E-state index contributed by atoms with van der Waals surface area (Å²) in [7, 11) is 1.82. The standard InChI is InChI=1S/C22H29FN4O/c1-27(22(28)24-19-11-4-2-5-12-19)14-7-3-6-13-20-16-21(26-25-20)17-9-8-10-18(23)15-17/h2,4-5,8-12,15,20-21,25-26H,3,6-7,13-14,16H2,1H3,(H,24,28). The molecule has 0 aromatic heterocycles.